The van der Waals surface area contributed by atoms with Gasteiger partial charge in [-0.05, 0) is 42.7 Å². The quantitative estimate of drug-likeness (QED) is 0.437. The SMILES string of the molecule is CCn1cc(-c2ccccc2)c2cc(CNC(C)c3ccccc3)ccc21. The van der Waals surface area contributed by atoms with Crippen molar-refractivity contribution < 1.29 is 0 Å². The number of rotatable bonds is 6. The third-order valence-corrected chi connectivity index (χ3v) is 5.28. The molecule has 1 aromatic heterocycles. The first kappa shape index (κ1) is 17.6. The lowest BCUT2D eigenvalue weighted by Gasteiger charge is -2.14. The van der Waals surface area contributed by atoms with E-state index in [1.165, 1.54) is 33.2 Å². The van der Waals surface area contributed by atoms with Crippen LogP contribution >= 0.6 is 0 Å². The molecule has 3 aromatic carbocycles. The van der Waals surface area contributed by atoms with Crippen molar-refractivity contribution in [2.24, 2.45) is 0 Å². The molecular formula is C25H26N2. The van der Waals surface area contributed by atoms with E-state index in [9.17, 15) is 0 Å². The predicted molar refractivity (Wildman–Crippen MR) is 115 cm³/mol. The van der Waals surface area contributed by atoms with Gasteiger partial charge in [0.15, 0.2) is 0 Å². The van der Waals surface area contributed by atoms with Crippen LogP contribution in [0, 0.1) is 0 Å². The lowest BCUT2D eigenvalue weighted by molar-refractivity contribution is 0.575. The molecule has 1 heterocycles. The highest BCUT2D eigenvalue weighted by molar-refractivity contribution is 5.96. The number of fused-ring (bicyclic) bond motifs is 1. The summed E-state index contributed by atoms with van der Waals surface area (Å²) in [6, 6.07) is 28.5. The largest absolute Gasteiger partial charge is 0.347 e. The summed E-state index contributed by atoms with van der Waals surface area (Å²) in [4.78, 5) is 0. The fourth-order valence-corrected chi connectivity index (χ4v) is 3.69. The summed E-state index contributed by atoms with van der Waals surface area (Å²) in [7, 11) is 0. The maximum atomic E-state index is 3.65. The van der Waals surface area contributed by atoms with Gasteiger partial charge in [-0.15, -0.1) is 0 Å². The average Bonchev–Trinajstić information content (AvgIpc) is 3.11. The molecule has 1 N–H and O–H groups in total. The highest BCUT2D eigenvalue weighted by Crippen LogP contribution is 2.31. The first-order valence-corrected chi connectivity index (χ1v) is 9.72. The van der Waals surface area contributed by atoms with Gasteiger partial charge in [-0.2, -0.15) is 0 Å². The van der Waals surface area contributed by atoms with Crippen molar-refractivity contribution in [3.63, 3.8) is 0 Å². The summed E-state index contributed by atoms with van der Waals surface area (Å²) in [6.07, 6.45) is 2.28. The average molecular weight is 354 g/mol. The molecule has 0 amide bonds. The highest BCUT2D eigenvalue weighted by atomic mass is 14.9. The molecule has 0 saturated heterocycles. The number of hydrogen-bond donors (Lipinski definition) is 1. The normalized spacial score (nSPS) is 12.4. The molecule has 136 valence electrons. The van der Waals surface area contributed by atoms with Crippen molar-refractivity contribution in [1.82, 2.24) is 9.88 Å². The molecule has 1 unspecified atom stereocenters. The Morgan fingerprint density at radius 3 is 2.30 bits per heavy atom. The minimum Gasteiger partial charge on any atom is -0.347 e. The van der Waals surface area contributed by atoms with Crippen LogP contribution in [0.1, 0.15) is 31.0 Å². The van der Waals surface area contributed by atoms with Gasteiger partial charge >= 0.3 is 0 Å². The van der Waals surface area contributed by atoms with Gasteiger partial charge in [0.05, 0.1) is 0 Å². The monoisotopic (exact) mass is 354 g/mol. The predicted octanol–water partition coefficient (Wildman–Crippen LogP) is 6.18. The first-order chi connectivity index (χ1) is 13.3. The Morgan fingerprint density at radius 1 is 0.889 bits per heavy atom. The zero-order valence-electron chi connectivity index (χ0n) is 16.0. The molecule has 0 aliphatic rings. The van der Waals surface area contributed by atoms with E-state index < -0.39 is 0 Å². The van der Waals surface area contributed by atoms with E-state index in [2.05, 4.69) is 109 Å². The number of hydrogen-bond acceptors (Lipinski definition) is 1. The molecule has 0 saturated carbocycles. The summed E-state index contributed by atoms with van der Waals surface area (Å²) in [5.41, 5.74) is 6.52. The molecule has 4 aromatic rings. The van der Waals surface area contributed by atoms with Gasteiger partial charge in [-0.3, -0.25) is 0 Å². The molecule has 0 spiro atoms. The van der Waals surface area contributed by atoms with Crippen molar-refractivity contribution in [3.8, 4) is 11.1 Å². The summed E-state index contributed by atoms with van der Waals surface area (Å²) in [6.45, 7) is 6.26. The topological polar surface area (TPSA) is 17.0 Å². The van der Waals surface area contributed by atoms with Crippen LogP contribution in [0.5, 0.6) is 0 Å². The summed E-state index contributed by atoms with van der Waals surface area (Å²) in [5, 5.41) is 4.98. The smallest absolute Gasteiger partial charge is 0.0486 e. The van der Waals surface area contributed by atoms with E-state index in [1.807, 2.05) is 0 Å². The van der Waals surface area contributed by atoms with Crippen molar-refractivity contribution in [3.05, 3.63) is 96.2 Å². The maximum Gasteiger partial charge on any atom is 0.0486 e. The van der Waals surface area contributed by atoms with Crippen LogP contribution in [0.3, 0.4) is 0 Å². The van der Waals surface area contributed by atoms with Crippen LogP contribution in [0.2, 0.25) is 0 Å². The third kappa shape index (κ3) is 3.67. The second-order valence-corrected chi connectivity index (χ2v) is 7.06. The van der Waals surface area contributed by atoms with Gasteiger partial charge < -0.3 is 9.88 Å². The van der Waals surface area contributed by atoms with Crippen LogP contribution in [0.4, 0.5) is 0 Å². The first-order valence-electron chi connectivity index (χ1n) is 9.72. The molecule has 1 atom stereocenters. The molecule has 0 radical (unpaired) electrons. The van der Waals surface area contributed by atoms with Crippen molar-refractivity contribution in [2.45, 2.75) is 33.0 Å². The Morgan fingerprint density at radius 2 is 1.59 bits per heavy atom. The van der Waals surface area contributed by atoms with Crippen LogP contribution in [-0.4, -0.2) is 4.57 Å². The van der Waals surface area contributed by atoms with E-state index in [1.54, 1.807) is 0 Å². The van der Waals surface area contributed by atoms with E-state index in [-0.39, 0.29) is 0 Å². The number of benzene rings is 3. The van der Waals surface area contributed by atoms with Crippen LogP contribution in [0.15, 0.2) is 85.1 Å². The number of nitrogens with one attached hydrogen (secondary N) is 1. The Kier molecular flexibility index (Phi) is 5.08. The molecule has 0 fully saturated rings. The lowest BCUT2D eigenvalue weighted by atomic mass is 10.0. The zero-order valence-corrected chi connectivity index (χ0v) is 16.0. The molecule has 27 heavy (non-hydrogen) atoms. The minimum atomic E-state index is 0.329. The second-order valence-electron chi connectivity index (χ2n) is 7.06. The zero-order chi connectivity index (χ0) is 18.6. The fourth-order valence-electron chi connectivity index (χ4n) is 3.69. The van der Waals surface area contributed by atoms with Crippen LogP contribution in [0.25, 0.3) is 22.0 Å². The Balaban J connectivity index is 1.63. The molecule has 0 aliphatic carbocycles. The second kappa shape index (κ2) is 7.81. The standard InChI is InChI=1S/C25H26N2/c1-3-27-18-24(22-12-8-5-9-13-22)23-16-20(14-15-25(23)27)17-26-19(2)21-10-6-4-7-11-21/h4-16,18-19,26H,3,17H2,1-2H3. The molecule has 2 nitrogen and oxygen atoms in total. The third-order valence-electron chi connectivity index (χ3n) is 5.28. The van der Waals surface area contributed by atoms with Gasteiger partial charge in [0.2, 0.25) is 0 Å². The minimum absolute atomic E-state index is 0.329. The van der Waals surface area contributed by atoms with Gasteiger partial charge in [0.25, 0.3) is 0 Å². The molecule has 0 bridgehead atoms. The Labute approximate surface area is 161 Å². The van der Waals surface area contributed by atoms with Gasteiger partial charge in [-0.25, -0.2) is 0 Å². The molecule has 4 rings (SSSR count). The van der Waals surface area contributed by atoms with E-state index in [0.717, 1.165) is 13.1 Å². The van der Waals surface area contributed by atoms with Gasteiger partial charge in [0.1, 0.15) is 0 Å². The molecular weight excluding hydrogens is 328 g/mol. The summed E-state index contributed by atoms with van der Waals surface area (Å²) in [5.74, 6) is 0. The lowest BCUT2D eigenvalue weighted by Crippen LogP contribution is -2.17. The molecule has 2 heteroatoms. The van der Waals surface area contributed by atoms with Gasteiger partial charge in [0, 0.05) is 41.8 Å². The number of aromatic nitrogens is 1. The van der Waals surface area contributed by atoms with Crippen molar-refractivity contribution in [1.29, 1.82) is 0 Å². The Bertz CT molecular complexity index is 1020. The maximum absolute atomic E-state index is 3.65. The molecule has 0 aliphatic heterocycles. The highest BCUT2D eigenvalue weighted by Gasteiger charge is 2.11. The van der Waals surface area contributed by atoms with Crippen molar-refractivity contribution >= 4 is 10.9 Å². The van der Waals surface area contributed by atoms with E-state index in [0.29, 0.717) is 6.04 Å². The van der Waals surface area contributed by atoms with E-state index >= 15 is 0 Å². The van der Waals surface area contributed by atoms with Gasteiger partial charge in [-0.1, -0.05) is 66.7 Å². The van der Waals surface area contributed by atoms with Crippen LogP contribution in [-0.2, 0) is 13.1 Å². The summed E-state index contributed by atoms with van der Waals surface area (Å²) >= 11 is 0. The van der Waals surface area contributed by atoms with Crippen molar-refractivity contribution in [2.75, 3.05) is 0 Å². The summed E-state index contributed by atoms with van der Waals surface area (Å²) < 4.78 is 2.33. The van der Waals surface area contributed by atoms with Crippen LogP contribution < -0.4 is 5.32 Å². The number of nitrogens with zero attached hydrogens (tertiary/aromatic N) is 1. The van der Waals surface area contributed by atoms with E-state index in [4.69, 9.17) is 0 Å². The fraction of sp³-hybridized carbons (Fsp3) is 0.200. The number of aryl methyl sites for hydroxylation is 1. The Hall–Kier alpha value is -2.84.